The van der Waals surface area contributed by atoms with Crippen LogP contribution in [-0.4, -0.2) is 29.8 Å². The molecule has 0 atom stereocenters. The first-order valence-electron chi connectivity index (χ1n) is 9.68. The minimum Gasteiger partial charge on any atom is -0.352 e. The second kappa shape index (κ2) is 8.85. The number of hydrogen-bond acceptors (Lipinski definition) is 2. The Morgan fingerprint density at radius 3 is 2.33 bits per heavy atom. The highest BCUT2D eigenvalue weighted by atomic mass is 16.2. The van der Waals surface area contributed by atoms with Crippen LogP contribution >= 0.6 is 0 Å². The zero-order chi connectivity index (χ0) is 19.2. The van der Waals surface area contributed by atoms with Crippen LogP contribution in [-0.2, 0) is 22.6 Å². The topological polar surface area (TPSA) is 49.4 Å². The molecule has 0 aromatic heterocycles. The quantitative estimate of drug-likeness (QED) is 0.884. The van der Waals surface area contributed by atoms with Crippen molar-refractivity contribution in [3.05, 3.63) is 70.8 Å². The minimum absolute atomic E-state index is 0.00189. The Bertz CT molecular complexity index is 790. The largest absolute Gasteiger partial charge is 0.352 e. The summed E-state index contributed by atoms with van der Waals surface area (Å²) >= 11 is 0. The molecular weight excluding hydrogens is 336 g/mol. The van der Waals surface area contributed by atoms with Crippen molar-refractivity contribution in [1.29, 1.82) is 0 Å². The summed E-state index contributed by atoms with van der Waals surface area (Å²) in [6.45, 7) is 5.97. The Balaban J connectivity index is 1.45. The average Bonchev–Trinajstić information content (AvgIpc) is 2.69. The van der Waals surface area contributed by atoms with Crippen LogP contribution in [0.3, 0.4) is 0 Å². The van der Waals surface area contributed by atoms with Gasteiger partial charge in [0.1, 0.15) is 0 Å². The lowest BCUT2D eigenvalue weighted by atomic mass is 9.95. The van der Waals surface area contributed by atoms with Crippen molar-refractivity contribution in [2.45, 2.75) is 39.7 Å². The summed E-state index contributed by atoms with van der Waals surface area (Å²) in [4.78, 5) is 26.9. The summed E-state index contributed by atoms with van der Waals surface area (Å²) < 4.78 is 0. The predicted molar refractivity (Wildman–Crippen MR) is 107 cm³/mol. The van der Waals surface area contributed by atoms with E-state index in [9.17, 15) is 9.59 Å². The Hall–Kier alpha value is -2.62. The molecule has 1 heterocycles. The van der Waals surface area contributed by atoms with Gasteiger partial charge in [-0.3, -0.25) is 9.59 Å². The number of nitrogens with one attached hydrogen (secondary N) is 1. The first-order chi connectivity index (χ1) is 13.0. The number of aryl methyl sites for hydroxylation is 2. The first-order valence-corrected chi connectivity index (χ1v) is 9.68. The molecule has 2 aromatic carbocycles. The van der Waals surface area contributed by atoms with Crippen molar-refractivity contribution in [2.75, 3.05) is 13.1 Å². The summed E-state index contributed by atoms with van der Waals surface area (Å²) in [5.74, 6) is 0.252. The average molecular weight is 364 g/mol. The SMILES string of the molecule is Cc1ccc(CNC(=O)C2CCN(C(=O)Cc3ccccc3C)CC2)cc1. The second-order valence-electron chi connectivity index (χ2n) is 7.46. The second-order valence-corrected chi connectivity index (χ2v) is 7.46. The van der Waals surface area contributed by atoms with E-state index >= 15 is 0 Å². The highest BCUT2D eigenvalue weighted by Gasteiger charge is 2.27. The van der Waals surface area contributed by atoms with Crippen LogP contribution in [0, 0.1) is 19.8 Å². The third kappa shape index (κ3) is 5.19. The van der Waals surface area contributed by atoms with Crippen LogP contribution in [0.15, 0.2) is 48.5 Å². The number of carbonyl (C=O) groups is 2. The number of hydrogen-bond donors (Lipinski definition) is 1. The number of piperidine rings is 1. The molecule has 1 fully saturated rings. The van der Waals surface area contributed by atoms with Crippen molar-refractivity contribution in [3.63, 3.8) is 0 Å². The fourth-order valence-corrected chi connectivity index (χ4v) is 3.51. The van der Waals surface area contributed by atoms with Gasteiger partial charge in [0.15, 0.2) is 0 Å². The van der Waals surface area contributed by atoms with Gasteiger partial charge >= 0.3 is 0 Å². The number of benzene rings is 2. The minimum atomic E-state index is -0.00189. The van der Waals surface area contributed by atoms with Crippen LogP contribution in [0.5, 0.6) is 0 Å². The van der Waals surface area contributed by atoms with E-state index in [-0.39, 0.29) is 17.7 Å². The zero-order valence-electron chi connectivity index (χ0n) is 16.2. The molecule has 0 saturated carbocycles. The molecular formula is C23H28N2O2. The fraction of sp³-hybridized carbons (Fsp3) is 0.391. The molecule has 27 heavy (non-hydrogen) atoms. The van der Waals surface area contributed by atoms with Crippen molar-refractivity contribution in [3.8, 4) is 0 Å². The van der Waals surface area contributed by atoms with Crippen molar-refractivity contribution < 1.29 is 9.59 Å². The number of rotatable bonds is 5. The Labute approximate surface area is 161 Å². The van der Waals surface area contributed by atoms with Gasteiger partial charge < -0.3 is 10.2 Å². The van der Waals surface area contributed by atoms with Gasteiger partial charge in [-0.25, -0.2) is 0 Å². The highest BCUT2D eigenvalue weighted by molar-refractivity contribution is 5.81. The molecule has 0 bridgehead atoms. The van der Waals surface area contributed by atoms with Crippen LogP contribution in [0.1, 0.15) is 35.1 Å². The van der Waals surface area contributed by atoms with Gasteiger partial charge in [0.2, 0.25) is 11.8 Å². The Kier molecular flexibility index (Phi) is 6.28. The fourth-order valence-electron chi connectivity index (χ4n) is 3.51. The molecule has 1 N–H and O–H groups in total. The van der Waals surface area contributed by atoms with E-state index in [4.69, 9.17) is 0 Å². The molecule has 1 aliphatic rings. The molecule has 142 valence electrons. The number of likely N-dealkylation sites (tertiary alicyclic amines) is 1. The van der Waals surface area contributed by atoms with E-state index in [2.05, 4.69) is 24.4 Å². The van der Waals surface area contributed by atoms with E-state index in [1.807, 2.05) is 48.2 Å². The van der Waals surface area contributed by atoms with Crippen LogP contribution in [0.2, 0.25) is 0 Å². The van der Waals surface area contributed by atoms with Crippen LogP contribution in [0.25, 0.3) is 0 Å². The van der Waals surface area contributed by atoms with Gasteiger partial charge in [-0.1, -0.05) is 54.1 Å². The van der Waals surface area contributed by atoms with E-state index in [1.165, 1.54) is 5.56 Å². The standard InChI is InChI=1S/C23H28N2O2/c1-17-7-9-19(10-8-17)16-24-23(27)20-11-13-25(14-12-20)22(26)15-21-6-4-3-5-18(21)2/h3-10,20H,11-16H2,1-2H3,(H,24,27). The van der Waals surface area contributed by atoms with Gasteiger partial charge in [0.25, 0.3) is 0 Å². The molecule has 0 radical (unpaired) electrons. The summed E-state index contributed by atoms with van der Waals surface area (Å²) in [7, 11) is 0. The monoisotopic (exact) mass is 364 g/mol. The summed E-state index contributed by atoms with van der Waals surface area (Å²) in [5, 5.41) is 3.04. The maximum Gasteiger partial charge on any atom is 0.226 e. The Morgan fingerprint density at radius 1 is 1.00 bits per heavy atom. The van der Waals surface area contributed by atoms with Crippen LogP contribution in [0.4, 0.5) is 0 Å². The van der Waals surface area contributed by atoms with Gasteiger partial charge in [-0.15, -0.1) is 0 Å². The molecule has 0 spiro atoms. The molecule has 4 nitrogen and oxygen atoms in total. The number of nitrogens with zero attached hydrogens (tertiary/aromatic N) is 1. The predicted octanol–water partition coefficient (Wildman–Crippen LogP) is 3.40. The summed E-state index contributed by atoms with van der Waals surface area (Å²) in [6.07, 6.45) is 1.91. The first kappa shape index (κ1) is 19.2. The van der Waals surface area contributed by atoms with Gasteiger partial charge in [-0.05, 0) is 43.4 Å². The molecule has 3 rings (SSSR count). The molecule has 0 aliphatic carbocycles. The van der Waals surface area contributed by atoms with Crippen molar-refractivity contribution in [2.24, 2.45) is 5.92 Å². The smallest absolute Gasteiger partial charge is 0.226 e. The lowest BCUT2D eigenvalue weighted by Gasteiger charge is -2.31. The lowest BCUT2D eigenvalue weighted by molar-refractivity contribution is -0.135. The van der Waals surface area contributed by atoms with Crippen molar-refractivity contribution >= 4 is 11.8 Å². The molecule has 0 unspecified atom stereocenters. The summed E-state index contributed by atoms with van der Waals surface area (Å²) in [5.41, 5.74) is 4.56. The zero-order valence-corrected chi connectivity index (χ0v) is 16.2. The van der Waals surface area contributed by atoms with E-state index in [0.29, 0.717) is 26.1 Å². The van der Waals surface area contributed by atoms with E-state index < -0.39 is 0 Å². The highest BCUT2D eigenvalue weighted by Crippen LogP contribution is 2.19. The molecule has 4 heteroatoms. The van der Waals surface area contributed by atoms with E-state index in [0.717, 1.165) is 29.5 Å². The third-order valence-corrected chi connectivity index (χ3v) is 5.41. The van der Waals surface area contributed by atoms with E-state index in [1.54, 1.807) is 0 Å². The normalized spacial score (nSPS) is 14.8. The maximum absolute atomic E-state index is 12.6. The van der Waals surface area contributed by atoms with Crippen molar-refractivity contribution in [1.82, 2.24) is 10.2 Å². The number of carbonyl (C=O) groups excluding carboxylic acids is 2. The molecule has 1 aliphatic heterocycles. The van der Waals surface area contributed by atoms with Gasteiger partial charge in [-0.2, -0.15) is 0 Å². The molecule has 2 amide bonds. The maximum atomic E-state index is 12.6. The summed E-state index contributed by atoms with van der Waals surface area (Å²) in [6, 6.07) is 16.2. The lowest BCUT2D eigenvalue weighted by Crippen LogP contribution is -2.43. The van der Waals surface area contributed by atoms with Crippen LogP contribution < -0.4 is 5.32 Å². The molecule has 2 aromatic rings. The van der Waals surface area contributed by atoms with Gasteiger partial charge in [0, 0.05) is 25.6 Å². The molecule has 1 saturated heterocycles. The Morgan fingerprint density at radius 2 is 1.67 bits per heavy atom. The third-order valence-electron chi connectivity index (χ3n) is 5.41. The number of amides is 2. The van der Waals surface area contributed by atoms with Gasteiger partial charge in [0.05, 0.1) is 6.42 Å².